The first-order valence-electron chi connectivity index (χ1n) is 9.24. The molecule has 4 atom stereocenters. The third-order valence-corrected chi connectivity index (χ3v) is 6.46. The maximum atomic E-state index is 12.7. The molecule has 1 heterocycles. The highest BCUT2D eigenvalue weighted by Crippen LogP contribution is 2.48. The summed E-state index contributed by atoms with van der Waals surface area (Å²) in [6.45, 7) is 0. The number of aromatic nitrogens is 2. The van der Waals surface area contributed by atoms with Crippen LogP contribution in [-0.4, -0.2) is 21.7 Å². The van der Waals surface area contributed by atoms with Crippen LogP contribution in [-0.2, 0) is 11.8 Å². The minimum absolute atomic E-state index is 0. The van der Waals surface area contributed by atoms with Crippen molar-refractivity contribution in [1.82, 2.24) is 9.78 Å². The smallest absolute Gasteiger partial charge is 0.230 e. The first-order valence-corrected chi connectivity index (χ1v) is 9.24. The lowest BCUT2D eigenvalue weighted by Crippen LogP contribution is -2.42. The highest BCUT2D eigenvalue weighted by molar-refractivity contribution is 5.93. The van der Waals surface area contributed by atoms with Crippen molar-refractivity contribution >= 4 is 24.1 Å². The number of nitrogens with one attached hydrogen (secondary N) is 1. The van der Waals surface area contributed by atoms with Gasteiger partial charge >= 0.3 is 0 Å². The number of hydrogen-bond donors (Lipinski definition) is 2. The summed E-state index contributed by atoms with van der Waals surface area (Å²) < 4.78 is 1.82. The van der Waals surface area contributed by atoms with Gasteiger partial charge in [-0.2, -0.15) is 5.10 Å². The summed E-state index contributed by atoms with van der Waals surface area (Å²) in [5.41, 5.74) is 7.43. The van der Waals surface area contributed by atoms with Gasteiger partial charge in [0.25, 0.3) is 0 Å². The fourth-order valence-corrected chi connectivity index (χ4v) is 5.14. The third kappa shape index (κ3) is 3.08. The van der Waals surface area contributed by atoms with Crippen LogP contribution in [0.2, 0.25) is 0 Å². The van der Waals surface area contributed by atoms with Crippen molar-refractivity contribution in [1.29, 1.82) is 0 Å². The molecule has 5 nitrogen and oxygen atoms in total. The average molecular weight is 353 g/mol. The molecule has 134 valence electrons. The number of halogens is 1. The van der Waals surface area contributed by atoms with Crippen LogP contribution in [0.4, 0.5) is 5.82 Å². The summed E-state index contributed by atoms with van der Waals surface area (Å²) in [6.07, 6.45) is 9.88. The van der Waals surface area contributed by atoms with Gasteiger partial charge in [-0.25, -0.2) is 0 Å². The predicted molar refractivity (Wildman–Crippen MR) is 97.2 cm³/mol. The van der Waals surface area contributed by atoms with Crippen LogP contribution in [0.1, 0.15) is 63.0 Å². The molecule has 0 spiro atoms. The van der Waals surface area contributed by atoms with E-state index in [4.69, 9.17) is 5.73 Å². The monoisotopic (exact) mass is 352 g/mol. The Balaban J connectivity index is 0.00000169. The fourth-order valence-electron chi connectivity index (χ4n) is 5.14. The second-order valence-electron chi connectivity index (χ2n) is 7.84. The van der Waals surface area contributed by atoms with Crippen molar-refractivity contribution in [2.45, 2.75) is 63.3 Å². The third-order valence-electron chi connectivity index (χ3n) is 6.46. The van der Waals surface area contributed by atoms with Gasteiger partial charge in [-0.05, 0) is 43.9 Å². The molecule has 3 aliphatic rings. The van der Waals surface area contributed by atoms with E-state index in [1.54, 1.807) is 0 Å². The number of fused-ring (bicyclic) bond motifs is 2. The Bertz CT molecular complexity index is 594. The summed E-state index contributed by atoms with van der Waals surface area (Å²) >= 11 is 0. The molecule has 3 saturated carbocycles. The Morgan fingerprint density at radius 1 is 1.21 bits per heavy atom. The van der Waals surface area contributed by atoms with Crippen molar-refractivity contribution in [3.05, 3.63) is 11.8 Å². The molecule has 3 N–H and O–H groups in total. The van der Waals surface area contributed by atoms with Crippen molar-refractivity contribution in [3.8, 4) is 0 Å². The van der Waals surface area contributed by atoms with E-state index in [1.807, 2.05) is 11.7 Å². The lowest BCUT2D eigenvalue weighted by molar-refractivity contribution is -0.121. The largest absolute Gasteiger partial charge is 0.327 e. The first-order chi connectivity index (χ1) is 11.1. The van der Waals surface area contributed by atoms with E-state index < -0.39 is 0 Å². The molecule has 0 saturated heterocycles. The molecular formula is C18H29ClN4O. The molecule has 1 amide bonds. The van der Waals surface area contributed by atoms with Gasteiger partial charge in [0.05, 0.1) is 11.6 Å². The molecule has 3 aliphatic carbocycles. The maximum absolute atomic E-state index is 12.7. The lowest BCUT2D eigenvalue weighted by Gasteiger charge is -2.26. The van der Waals surface area contributed by atoms with E-state index in [9.17, 15) is 4.79 Å². The summed E-state index contributed by atoms with van der Waals surface area (Å²) in [5, 5.41) is 7.76. The molecule has 1 aromatic rings. The van der Waals surface area contributed by atoms with Crippen LogP contribution in [0.15, 0.2) is 6.07 Å². The molecule has 4 unspecified atom stereocenters. The molecule has 3 fully saturated rings. The Morgan fingerprint density at radius 3 is 2.58 bits per heavy atom. The van der Waals surface area contributed by atoms with E-state index in [0.29, 0.717) is 17.8 Å². The Labute approximate surface area is 150 Å². The van der Waals surface area contributed by atoms with Gasteiger partial charge in [-0.1, -0.05) is 19.3 Å². The van der Waals surface area contributed by atoms with Crippen LogP contribution in [0.5, 0.6) is 0 Å². The Kier molecular flexibility index (Phi) is 5.21. The number of aryl methyl sites for hydroxylation is 1. The molecule has 1 aromatic heterocycles. The quantitative estimate of drug-likeness (QED) is 0.877. The number of hydrogen-bond acceptors (Lipinski definition) is 3. The Morgan fingerprint density at radius 2 is 1.92 bits per heavy atom. The lowest BCUT2D eigenvalue weighted by atomic mass is 9.84. The number of rotatable bonds is 3. The van der Waals surface area contributed by atoms with Gasteiger partial charge < -0.3 is 11.1 Å². The number of nitrogens with zero attached hydrogens (tertiary/aromatic N) is 2. The molecule has 4 rings (SSSR count). The number of carbonyl (C=O) groups excluding carboxylic acids is 1. The zero-order valence-corrected chi connectivity index (χ0v) is 15.2. The number of amides is 1. The van der Waals surface area contributed by atoms with Crippen molar-refractivity contribution < 1.29 is 4.79 Å². The number of nitrogens with two attached hydrogens (primary N) is 1. The predicted octanol–water partition coefficient (Wildman–Crippen LogP) is 3.20. The summed E-state index contributed by atoms with van der Waals surface area (Å²) in [7, 11) is 1.92. The van der Waals surface area contributed by atoms with Gasteiger partial charge in [-0.15, -0.1) is 12.4 Å². The minimum atomic E-state index is -0.0122. The molecule has 24 heavy (non-hydrogen) atoms. The van der Waals surface area contributed by atoms with E-state index in [1.165, 1.54) is 38.5 Å². The average Bonchev–Trinajstić information content (AvgIpc) is 3.24. The van der Waals surface area contributed by atoms with Crippen LogP contribution in [0.25, 0.3) is 0 Å². The topological polar surface area (TPSA) is 72.9 Å². The van der Waals surface area contributed by atoms with E-state index >= 15 is 0 Å². The van der Waals surface area contributed by atoms with Gasteiger partial charge in [0.2, 0.25) is 5.91 Å². The van der Waals surface area contributed by atoms with Gasteiger partial charge in [-0.3, -0.25) is 9.48 Å². The molecule has 0 aromatic carbocycles. The maximum Gasteiger partial charge on any atom is 0.230 e. The standard InChI is InChI=1S/C18H28N4O.ClH/c1-22-15(10-14(21-22)11-5-3-2-4-6-11)20-18(23)16-12-7-8-13(9-12)17(16)19;/h10-13,16-17H,2-9,19H2,1H3,(H,20,23);1H. The van der Waals surface area contributed by atoms with E-state index in [2.05, 4.69) is 16.5 Å². The normalized spacial score (nSPS) is 32.6. The van der Waals surface area contributed by atoms with E-state index in [0.717, 1.165) is 24.4 Å². The fraction of sp³-hybridized carbons (Fsp3) is 0.778. The molecule has 0 radical (unpaired) electrons. The SMILES string of the molecule is Cl.Cn1nc(C2CCCCC2)cc1NC(=O)C1C2CCC(C2)C1N. The van der Waals surface area contributed by atoms with Crippen LogP contribution in [0.3, 0.4) is 0 Å². The van der Waals surface area contributed by atoms with Crippen molar-refractivity contribution in [2.75, 3.05) is 5.32 Å². The van der Waals surface area contributed by atoms with Crippen LogP contribution >= 0.6 is 12.4 Å². The van der Waals surface area contributed by atoms with Gasteiger partial charge in [0, 0.05) is 25.1 Å². The van der Waals surface area contributed by atoms with Crippen molar-refractivity contribution in [3.63, 3.8) is 0 Å². The molecule has 6 heteroatoms. The zero-order chi connectivity index (χ0) is 16.0. The molecular weight excluding hydrogens is 324 g/mol. The molecule has 0 aliphatic heterocycles. The number of carbonyl (C=O) groups is 1. The van der Waals surface area contributed by atoms with Crippen LogP contribution in [0, 0.1) is 17.8 Å². The summed E-state index contributed by atoms with van der Waals surface area (Å²) in [6, 6.07) is 2.12. The second kappa shape index (κ2) is 7.04. The second-order valence-corrected chi connectivity index (χ2v) is 7.84. The minimum Gasteiger partial charge on any atom is -0.327 e. The van der Waals surface area contributed by atoms with Crippen molar-refractivity contribution in [2.24, 2.45) is 30.5 Å². The molecule has 2 bridgehead atoms. The number of anilines is 1. The van der Waals surface area contributed by atoms with Gasteiger partial charge in [0.15, 0.2) is 0 Å². The Hall–Kier alpha value is -1.07. The van der Waals surface area contributed by atoms with Gasteiger partial charge in [0.1, 0.15) is 5.82 Å². The van der Waals surface area contributed by atoms with Crippen LogP contribution < -0.4 is 11.1 Å². The first kappa shape index (κ1) is 17.7. The summed E-state index contributed by atoms with van der Waals surface area (Å²) in [5.74, 6) is 2.52. The highest BCUT2D eigenvalue weighted by Gasteiger charge is 2.49. The summed E-state index contributed by atoms with van der Waals surface area (Å²) in [4.78, 5) is 12.7. The zero-order valence-electron chi connectivity index (χ0n) is 14.4. The van der Waals surface area contributed by atoms with E-state index in [-0.39, 0.29) is 30.3 Å². The highest BCUT2D eigenvalue weighted by atomic mass is 35.5.